The molecule has 0 unspecified atom stereocenters. The summed E-state index contributed by atoms with van der Waals surface area (Å²) in [5.74, 6) is 0.00413. The first-order valence-electron chi connectivity index (χ1n) is 11.1. The van der Waals surface area contributed by atoms with Crippen LogP contribution in [0.5, 0.6) is 0 Å². The standard InChI is InChI=1S/C32H34O/c1-8-29(32(9-2)27(7)33)20-16-25(5)31-12-10-11-28(22-31)17-13-23(3)14-18-30-19-15-24(4)21-26(30)6/h8-15,17-19,21-22H,1-3,5,16,20H2,4,6-7H3/b17-13+,18-14-,32-29-. The average molecular weight is 435 g/mol. The molecule has 0 saturated heterocycles. The summed E-state index contributed by atoms with van der Waals surface area (Å²) in [5.41, 5.74) is 9.37. The molecule has 0 saturated carbocycles. The Hall–Kier alpha value is -3.71. The quantitative estimate of drug-likeness (QED) is 0.255. The minimum atomic E-state index is 0.00413. The van der Waals surface area contributed by atoms with E-state index in [0.717, 1.165) is 34.3 Å². The topological polar surface area (TPSA) is 17.1 Å². The SMILES string of the molecule is C=C/C(CCC(=C)c1cccc(/C=C/C(=C)/C=C\c2ccc(C)cc2C)c1)=C(\C=C)C(C)=O. The Morgan fingerprint density at radius 2 is 1.64 bits per heavy atom. The predicted molar refractivity (Wildman–Crippen MR) is 146 cm³/mol. The maximum Gasteiger partial charge on any atom is 0.160 e. The van der Waals surface area contributed by atoms with Crippen LogP contribution in [0, 0.1) is 13.8 Å². The first-order valence-corrected chi connectivity index (χ1v) is 11.1. The molecule has 1 nitrogen and oxygen atoms in total. The van der Waals surface area contributed by atoms with Crippen LogP contribution in [0.25, 0.3) is 17.7 Å². The number of Topliss-reactive ketones (excluding diaryl/α,β-unsaturated/α-hetero) is 1. The van der Waals surface area contributed by atoms with E-state index in [1.807, 2.05) is 18.2 Å². The summed E-state index contributed by atoms with van der Waals surface area (Å²) in [6.45, 7) is 21.8. The monoisotopic (exact) mass is 434 g/mol. The largest absolute Gasteiger partial charge is 0.295 e. The highest BCUT2D eigenvalue weighted by Gasteiger charge is 2.07. The third-order valence-electron chi connectivity index (χ3n) is 5.56. The molecule has 1 heteroatoms. The number of rotatable bonds is 11. The van der Waals surface area contributed by atoms with Gasteiger partial charge in [-0.15, -0.1) is 0 Å². The fraction of sp³-hybridized carbons (Fsp3) is 0.156. The Kier molecular flexibility index (Phi) is 9.57. The number of carbonyl (C=O) groups is 1. The highest BCUT2D eigenvalue weighted by atomic mass is 16.1. The van der Waals surface area contributed by atoms with Crippen molar-refractivity contribution in [3.63, 3.8) is 0 Å². The summed E-state index contributed by atoms with van der Waals surface area (Å²) in [6, 6.07) is 14.7. The van der Waals surface area contributed by atoms with Gasteiger partial charge in [0, 0.05) is 5.57 Å². The average Bonchev–Trinajstić information content (AvgIpc) is 2.79. The molecule has 0 N–H and O–H groups in total. The Morgan fingerprint density at radius 3 is 2.27 bits per heavy atom. The van der Waals surface area contributed by atoms with Gasteiger partial charge in [0.2, 0.25) is 0 Å². The summed E-state index contributed by atoms with van der Waals surface area (Å²) in [5, 5.41) is 0. The first-order chi connectivity index (χ1) is 15.7. The molecule has 0 aliphatic carbocycles. The molecule has 0 aromatic heterocycles. The van der Waals surface area contributed by atoms with Crippen molar-refractivity contribution in [2.75, 3.05) is 0 Å². The van der Waals surface area contributed by atoms with Crippen LogP contribution in [0.1, 0.15) is 47.6 Å². The van der Waals surface area contributed by atoms with Gasteiger partial charge in [-0.1, -0.05) is 105 Å². The Morgan fingerprint density at radius 1 is 0.909 bits per heavy atom. The van der Waals surface area contributed by atoms with Crippen molar-refractivity contribution in [1.29, 1.82) is 0 Å². The van der Waals surface area contributed by atoms with Gasteiger partial charge in [0.05, 0.1) is 0 Å². The number of allylic oxidation sites excluding steroid dienone is 8. The molecule has 0 radical (unpaired) electrons. The predicted octanol–water partition coefficient (Wildman–Crippen LogP) is 8.64. The van der Waals surface area contributed by atoms with Crippen LogP contribution in [0.2, 0.25) is 0 Å². The smallest absolute Gasteiger partial charge is 0.160 e. The summed E-state index contributed by atoms with van der Waals surface area (Å²) in [4.78, 5) is 11.8. The molecule has 33 heavy (non-hydrogen) atoms. The van der Waals surface area contributed by atoms with E-state index in [1.165, 1.54) is 16.7 Å². The highest BCUT2D eigenvalue weighted by molar-refractivity contribution is 5.97. The number of ketones is 1. The fourth-order valence-electron chi connectivity index (χ4n) is 3.61. The molecule has 0 atom stereocenters. The van der Waals surface area contributed by atoms with Gasteiger partial charge in [-0.05, 0) is 78.7 Å². The van der Waals surface area contributed by atoms with Crippen LogP contribution < -0.4 is 0 Å². The molecule has 2 rings (SSSR count). The normalized spacial score (nSPS) is 12.0. The molecule has 2 aromatic carbocycles. The Balaban J connectivity index is 2.06. The van der Waals surface area contributed by atoms with E-state index in [2.05, 4.69) is 88.7 Å². The lowest BCUT2D eigenvalue weighted by Gasteiger charge is -2.10. The van der Waals surface area contributed by atoms with Crippen molar-refractivity contribution in [3.05, 3.63) is 138 Å². The summed E-state index contributed by atoms with van der Waals surface area (Å²) in [7, 11) is 0. The van der Waals surface area contributed by atoms with Crippen molar-refractivity contribution in [2.24, 2.45) is 0 Å². The second-order valence-corrected chi connectivity index (χ2v) is 8.23. The number of hydrogen-bond donors (Lipinski definition) is 0. The number of hydrogen-bond acceptors (Lipinski definition) is 1. The lowest BCUT2D eigenvalue weighted by atomic mass is 9.95. The van der Waals surface area contributed by atoms with Crippen LogP contribution in [0.15, 0.2) is 110 Å². The van der Waals surface area contributed by atoms with Crippen molar-refractivity contribution < 1.29 is 4.79 Å². The zero-order valence-corrected chi connectivity index (χ0v) is 20.2. The van der Waals surface area contributed by atoms with Crippen LogP contribution in [0.3, 0.4) is 0 Å². The van der Waals surface area contributed by atoms with E-state index in [1.54, 1.807) is 19.1 Å². The van der Waals surface area contributed by atoms with Crippen LogP contribution in [-0.4, -0.2) is 5.78 Å². The van der Waals surface area contributed by atoms with E-state index in [4.69, 9.17) is 0 Å². The van der Waals surface area contributed by atoms with E-state index in [0.29, 0.717) is 12.0 Å². The van der Waals surface area contributed by atoms with Gasteiger partial charge in [-0.3, -0.25) is 4.79 Å². The molecule has 2 aromatic rings. The van der Waals surface area contributed by atoms with Gasteiger partial charge < -0.3 is 0 Å². The van der Waals surface area contributed by atoms with Crippen LogP contribution >= 0.6 is 0 Å². The molecule has 0 fully saturated rings. The van der Waals surface area contributed by atoms with Gasteiger partial charge in [-0.2, -0.15) is 0 Å². The zero-order chi connectivity index (χ0) is 24.4. The van der Waals surface area contributed by atoms with Crippen LogP contribution in [0.4, 0.5) is 0 Å². The molecule has 0 amide bonds. The summed E-state index contributed by atoms with van der Waals surface area (Å²) < 4.78 is 0. The van der Waals surface area contributed by atoms with Crippen molar-refractivity contribution in [1.82, 2.24) is 0 Å². The molecular formula is C32H34O. The summed E-state index contributed by atoms with van der Waals surface area (Å²) >= 11 is 0. The van der Waals surface area contributed by atoms with E-state index in [-0.39, 0.29) is 5.78 Å². The highest BCUT2D eigenvalue weighted by Crippen LogP contribution is 2.24. The first kappa shape index (κ1) is 25.5. The van der Waals surface area contributed by atoms with E-state index < -0.39 is 0 Å². The molecule has 0 aliphatic heterocycles. The van der Waals surface area contributed by atoms with E-state index >= 15 is 0 Å². The van der Waals surface area contributed by atoms with Crippen molar-refractivity contribution >= 4 is 23.5 Å². The molecular weight excluding hydrogens is 400 g/mol. The maximum absolute atomic E-state index is 11.8. The van der Waals surface area contributed by atoms with Gasteiger partial charge in [0.1, 0.15) is 0 Å². The number of benzene rings is 2. The lowest BCUT2D eigenvalue weighted by Crippen LogP contribution is -1.98. The second kappa shape index (κ2) is 12.4. The third kappa shape index (κ3) is 7.73. The lowest BCUT2D eigenvalue weighted by molar-refractivity contribution is -0.113. The molecule has 168 valence electrons. The Bertz CT molecular complexity index is 1160. The van der Waals surface area contributed by atoms with Gasteiger partial charge in [0.15, 0.2) is 5.78 Å². The van der Waals surface area contributed by atoms with Gasteiger partial charge in [-0.25, -0.2) is 0 Å². The zero-order valence-electron chi connectivity index (χ0n) is 20.2. The fourth-order valence-corrected chi connectivity index (χ4v) is 3.61. The molecule has 0 spiro atoms. The second-order valence-electron chi connectivity index (χ2n) is 8.23. The van der Waals surface area contributed by atoms with E-state index in [9.17, 15) is 4.79 Å². The summed E-state index contributed by atoms with van der Waals surface area (Å²) in [6.07, 6.45) is 13.0. The maximum atomic E-state index is 11.8. The number of aryl methyl sites for hydroxylation is 2. The molecule has 0 aliphatic rings. The van der Waals surface area contributed by atoms with Gasteiger partial charge >= 0.3 is 0 Å². The van der Waals surface area contributed by atoms with Crippen molar-refractivity contribution in [2.45, 2.75) is 33.6 Å². The van der Waals surface area contributed by atoms with Crippen molar-refractivity contribution in [3.8, 4) is 0 Å². The van der Waals surface area contributed by atoms with Gasteiger partial charge in [0.25, 0.3) is 0 Å². The third-order valence-corrected chi connectivity index (χ3v) is 5.56. The Labute approximate surface area is 199 Å². The minimum Gasteiger partial charge on any atom is -0.295 e. The molecule has 0 bridgehead atoms. The molecule has 0 heterocycles. The number of carbonyl (C=O) groups excluding carboxylic acids is 1. The minimum absolute atomic E-state index is 0.00413. The van der Waals surface area contributed by atoms with Crippen LogP contribution in [-0.2, 0) is 4.79 Å².